The van der Waals surface area contributed by atoms with Crippen molar-refractivity contribution in [3.8, 4) is 0 Å². The van der Waals surface area contributed by atoms with Gasteiger partial charge in [0.1, 0.15) is 5.60 Å². The van der Waals surface area contributed by atoms with Crippen LogP contribution in [0.15, 0.2) is 24.3 Å². The lowest BCUT2D eigenvalue weighted by Crippen LogP contribution is -2.56. The van der Waals surface area contributed by atoms with Crippen LogP contribution in [0.4, 0.5) is 5.69 Å². The summed E-state index contributed by atoms with van der Waals surface area (Å²) in [7, 11) is -2.10. The molecule has 188 valence electrons. The van der Waals surface area contributed by atoms with Gasteiger partial charge in [-0.15, -0.1) is 0 Å². The highest BCUT2D eigenvalue weighted by molar-refractivity contribution is 6.74. The maximum absolute atomic E-state index is 11.3. The molecule has 1 fully saturated rings. The van der Waals surface area contributed by atoms with Gasteiger partial charge >= 0.3 is 0 Å². The topological polar surface area (TPSA) is 62.2 Å². The largest absolute Gasteiger partial charge is 0.403 e. The molecule has 3 rings (SSSR count). The molecule has 2 N–H and O–H groups in total. The predicted molar refractivity (Wildman–Crippen MR) is 138 cm³/mol. The normalized spacial score (nSPS) is 26.6. The van der Waals surface area contributed by atoms with Gasteiger partial charge in [-0.3, -0.25) is 0 Å². The molecule has 2 heterocycles. The van der Waals surface area contributed by atoms with Crippen molar-refractivity contribution in [3.05, 3.63) is 29.8 Å². The third-order valence-corrected chi connectivity index (χ3v) is 13.1. The Bertz CT molecular complexity index is 810. The molecular weight excluding hydrogens is 430 g/mol. The van der Waals surface area contributed by atoms with E-state index in [2.05, 4.69) is 70.0 Å². The fourth-order valence-corrected chi connectivity index (χ4v) is 6.85. The van der Waals surface area contributed by atoms with E-state index in [1.54, 1.807) is 0 Å². The third-order valence-electron chi connectivity index (χ3n) is 8.60. The molecule has 2 aliphatic heterocycles. The van der Waals surface area contributed by atoms with Gasteiger partial charge in [0.25, 0.3) is 0 Å². The second kappa shape index (κ2) is 9.61. The van der Waals surface area contributed by atoms with Crippen LogP contribution in [0, 0.1) is 5.41 Å². The summed E-state index contributed by atoms with van der Waals surface area (Å²) in [5, 5.41) is 22.4. The molecule has 33 heavy (non-hydrogen) atoms. The summed E-state index contributed by atoms with van der Waals surface area (Å²) in [6.45, 7) is 18.8. The zero-order valence-corrected chi connectivity index (χ0v) is 23.1. The Labute approximate surface area is 202 Å². The average Bonchev–Trinajstić information content (AvgIpc) is 3.26. The van der Waals surface area contributed by atoms with Crippen molar-refractivity contribution in [2.24, 2.45) is 5.41 Å². The van der Waals surface area contributed by atoms with Gasteiger partial charge in [-0.1, -0.05) is 72.6 Å². The van der Waals surface area contributed by atoms with Gasteiger partial charge in [0.2, 0.25) is 0 Å². The molecule has 6 heteroatoms. The number of para-hydroxylation sites is 1. The summed E-state index contributed by atoms with van der Waals surface area (Å²) in [6.07, 6.45) is 2.66. The van der Waals surface area contributed by atoms with E-state index in [1.165, 1.54) is 5.56 Å². The first kappa shape index (κ1) is 26.7. The number of hydrogen-bond acceptors (Lipinski definition) is 5. The smallest absolute Gasteiger partial charge is 0.193 e. The first-order chi connectivity index (χ1) is 15.3. The first-order valence-corrected chi connectivity index (χ1v) is 15.8. The van der Waals surface area contributed by atoms with E-state index < -0.39 is 31.5 Å². The molecule has 1 aromatic carbocycles. The molecule has 2 unspecified atom stereocenters. The molecule has 1 aromatic rings. The number of ether oxygens (including phenoxy) is 1. The van der Waals surface area contributed by atoms with Crippen LogP contribution in [0.1, 0.15) is 79.2 Å². The lowest BCUT2D eigenvalue weighted by molar-refractivity contribution is -0.0719. The van der Waals surface area contributed by atoms with Crippen molar-refractivity contribution >= 4 is 14.0 Å². The Kier molecular flexibility index (Phi) is 7.77. The minimum atomic E-state index is -2.10. The monoisotopic (exact) mass is 477 g/mol. The van der Waals surface area contributed by atoms with Crippen LogP contribution in [0.25, 0.3) is 0 Å². The number of aliphatic hydroxyl groups is 2. The molecule has 0 aromatic heterocycles. The Morgan fingerprint density at radius 3 is 2.42 bits per heavy atom. The summed E-state index contributed by atoms with van der Waals surface area (Å²) in [4.78, 5) is 2.28. The van der Waals surface area contributed by atoms with Crippen LogP contribution in [0.5, 0.6) is 0 Å². The minimum absolute atomic E-state index is 0.0838. The fraction of sp³-hybridized carbons (Fsp3) is 0.778. The minimum Gasteiger partial charge on any atom is -0.403 e. The Hall–Kier alpha value is -0.923. The average molecular weight is 478 g/mol. The van der Waals surface area contributed by atoms with E-state index in [9.17, 15) is 10.2 Å². The SMILES string of the molecule is CCCCC(O)[C@@](C)(CN1c2ccccc2[C@]2(O[Si](C)(C)C(C)(C)C)CCO[C@H]12)C(O)CC. The highest BCUT2D eigenvalue weighted by atomic mass is 28.4. The van der Waals surface area contributed by atoms with Crippen molar-refractivity contribution in [1.29, 1.82) is 0 Å². The van der Waals surface area contributed by atoms with E-state index in [-0.39, 0.29) is 11.3 Å². The number of unbranched alkanes of at least 4 members (excludes halogenated alkanes) is 1. The van der Waals surface area contributed by atoms with Crippen molar-refractivity contribution in [2.45, 2.75) is 116 Å². The molecule has 5 nitrogen and oxygen atoms in total. The van der Waals surface area contributed by atoms with Crippen LogP contribution < -0.4 is 4.90 Å². The number of aliphatic hydroxyl groups excluding tert-OH is 2. The molecule has 2 aliphatic rings. The predicted octanol–water partition coefficient (Wildman–Crippen LogP) is 5.80. The van der Waals surface area contributed by atoms with Gasteiger partial charge in [-0.2, -0.15) is 0 Å². The maximum atomic E-state index is 11.3. The van der Waals surface area contributed by atoms with Gasteiger partial charge in [0, 0.05) is 29.6 Å². The molecule has 5 atom stereocenters. The molecule has 0 aliphatic carbocycles. The van der Waals surface area contributed by atoms with Crippen molar-refractivity contribution < 1.29 is 19.4 Å². The second-order valence-corrected chi connectivity index (χ2v) is 16.7. The molecule has 0 spiro atoms. The number of rotatable bonds is 10. The van der Waals surface area contributed by atoms with Gasteiger partial charge < -0.3 is 24.3 Å². The fourth-order valence-electron chi connectivity index (χ4n) is 5.32. The molecule has 0 bridgehead atoms. The van der Waals surface area contributed by atoms with Crippen molar-refractivity contribution in [2.75, 3.05) is 18.1 Å². The standard InChI is InChI=1S/C27H47NO4Si/c1-9-11-16-23(30)26(6,22(29)10-2)19-28-21-15-13-12-14-20(21)27(17-18-31-24(27)28)32-33(7,8)25(3,4)5/h12-15,22-24,29-30H,9-11,16-19H2,1-8H3/t22?,23?,24-,26-,27+/m0/s1. The van der Waals surface area contributed by atoms with Crippen molar-refractivity contribution in [3.63, 3.8) is 0 Å². The van der Waals surface area contributed by atoms with Crippen molar-refractivity contribution in [1.82, 2.24) is 0 Å². The number of benzene rings is 1. The Balaban J connectivity index is 2.03. The van der Waals surface area contributed by atoms with Crippen LogP contribution in [0.2, 0.25) is 18.1 Å². The van der Waals surface area contributed by atoms with E-state index in [0.717, 1.165) is 24.9 Å². The number of anilines is 1. The quantitative estimate of drug-likeness (QED) is 0.417. The summed E-state index contributed by atoms with van der Waals surface area (Å²) < 4.78 is 13.6. The van der Waals surface area contributed by atoms with Crippen LogP contribution in [0.3, 0.4) is 0 Å². The summed E-state index contributed by atoms with van der Waals surface area (Å²) >= 11 is 0. The van der Waals surface area contributed by atoms with Crippen LogP contribution in [-0.4, -0.2) is 50.1 Å². The first-order valence-electron chi connectivity index (χ1n) is 12.9. The second-order valence-electron chi connectivity index (χ2n) is 12.0. The van der Waals surface area contributed by atoms with Gasteiger partial charge in [0.15, 0.2) is 14.5 Å². The highest BCUT2D eigenvalue weighted by Crippen LogP contribution is 2.56. The summed E-state index contributed by atoms with van der Waals surface area (Å²) in [6, 6.07) is 8.48. The summed E-state index contributed by atoms with van der Waals surface area (Å²) in [5.74, 6) is 0. The van der Waals surface area contributed by atoms with E-state index in [1.807, 2.05) is 13.8 Å². The van der Waals surface area contributed by atoms with E-state index in [4.69, 9.17) is 9.16 Å². The zero-order chi connectivity index (χ0) is 24.7. The third kappa shape index (κ3) is 4.66. The maximum Gasteiger partial charge on any atom is 0.193 e. The lowest BCUT2D eigenvalue weighted by Gasteiger charge is -2.46. The van der Waals surface area contributed by atoms with Gasteiger partial charge in [-0.25, -0.2) is 0 Å². The van der Waals surface area contributed by atoms with Gasteiger partial charge in [0.05, 0.1) is 18.8 Å². The summed E-state index contributed by atoms with van der Waals surface area (Å²) in [5.41, 5.74) is 1.12. The van der Waals surface area contributed by atoms with Gasteiger partial charge in [-0.05, 0) is 37.0 Å². The zero-order valence-electron chi connectivity index (χ0n) is 22.1. The van der Waals surface area contributed by atoms with E-state index in [0.29, 0.717) is 26.0 Å². The number of fused-ring (bicyclic) bond motifs is 3. The Morgan fingerprint density at radius 1 is 1.15 bits per heavy atom. The molecule has 0 saturated carbocycles. The number of hydrogen-bond donors (Lipinski definition) is 2. The molecule has 0 amide bonds. The Morgan fingerprint density at radius 2 is 1.82 bits per heavy atom. The van der Waals surface area contributed by atoms with Crippen LogP contribution >= 0.6 is 0 Å². The highest BCUT2D eigenvalue weighted by Gasteiger charge is 2.60. The molecular formula is C27H47NO4Si. The van der Waals surface area contributed by atoms with E-state index >= 15 is 0 Å². The lowest BCUT2D eigenvalue weighted by atomic mass is 9.75. The molecule has 1 saturated heterocycles. The molecule has 0 radical (unpaired) electrons. The number of nitrogens with zero attached hydrogens (tertiary/aromatic N) is 1. The van der Waals surface area contributed by atoms with Crippen LogP contribution in [-0.2, 0) is 14.8 Å².